The monoisotopic (exact) mass is 683 g/mol. The van der Waals surface area contributed by atoms with E-state index in [2.05, 4.69) is 5.32 Å². The van der Waals surface area contributed by atoms with Crippen molar-refractivity contribution in [2.24, 2.45) is 5.92 Å². The number of aryl methyl sites for hydroxylation is 1. The smallest absolute Gasteiger partial charge is 0.414 e. The summed E-state index contributed by atoms with van der Waals surface area (Å²) in [5, 5.41) is 3.81. The lowest BCUT2D eigenvalue weighted by molar-refractivity contribution is -0.117. The number of nitrogens with one attached hydrogen (secondary N) is 1. The van der Waals surface area contributed by atoms with Crippen LogP contribution in [-0.4, -0.2) is 41.9 Å². The summed E-state index contributed by atoms with van der Waals surface area (Å²) in [7, 11) is 3.23. The molecule has 0 aliphatic heterocycles. The molecule has 3 amide bonds. The van der Waals surface area contributed by atoms with Gasteiger partial charge in [-0.2, -0.15) is 0 Å². The van der Waals surface area contributed by atoms with Crippen molar-refractivity contribution in [1.82, 2.24) is 0 Å². The molecule has 1 aliphatic carbocycles. The number of halogens is 5. The Balaban J connectivity index is 1.50. The fourth-order valence-electron chi connectivity index (χ4n) is 4.76. The van der Waals surface area contributed by atoms with Crippen LogP contribution in [0.1, 0.15) is 48.2 Å². The van der Waals surface area contributed by atoms with Gasteiger partial charge in [-0.1, -0.05) is 34.8 Å². The van der Waals surface area contributed by atoms with E-state index in [1.165, 1.54) is 21.9 Å². The molecule has 3 aromatic rings. The lowest BCUT2D eigenvalue weighted by Crippen LogP contribution is -2.34. The Bertz CT molecular complexity index is 1580. The van der Waals surface area contributed by atoms with Gasteiger partial charge in [0.25, 0.3) is 5.91 Å². The molecule has 4 rings (SSSR count). The van der Waals surface area contributed by atoms with E-state index in [4.69, 9.17) is 62.7 Å². The van der Waals surface area contributed by atoms with Crippen molar-refractivity contribution < 1.29 is 19.1 Å². The molecule has 0 unspecified atom stereocenters. The number of nitrogens with zero attached hydrogens (tertiary/aromatic N) is 2. The molecule has 0 aromatic heterocycles. The quantitative estimate of drug-likeness (QED) is 0.263. The molecule has 0 heterocycles. The first-order valence-electron chi connectivity index (χ1n) is 13.2. The highest BCUT2D eigenvalue weighted by Crippen LogP contribution is 2.65. The largest absolute Gasteiger partial charge is 0.443 e. The number of ether oxygens (including phenoxy) is 1. The highest BCUT2D eigenvalue weighted by molar-refractivity contribution is 6.53. The van der Waals surface area contributed by atoms with Crippen LogP contribution >= 0.6 is 58.0 Å². The minimum atomic E-state index is -1.36. The Morgan fingerprint density at radius 1 is 0.884 bits per heavy atom. The van der Waals surface area contributed by atoms with Crippen molar-refractivity contribution in [3.63, 3.8) is 0 Å². The minimum absolute atomic E-state index is 0.174. The second kappa shape index (κ2) is 12.4. The van der Waals surface area contributed by atoms with Gasteiger partial charge in [0.15, 0.2) is 0 Å². The van der Waals surface area contributed by atoms with Gasteiger partial charge in [-0.3, -0.25) is 14.5 Å². The molecular formula is C31H30Cl5N3O4. The van der Waals surface area contributed by atoms with Gasteiger partial charge in [-0.15, -0.1) is 23.2 Å². The Kier molecular flexibility index (Phi) is 9.56. The summed E-state index contributed by atoms with van der Waals surface area (Å²) in [5.74, 6) is -2.13. The molecule has 1 fully saturated rings. The number of carbonyl (C=O) groups excluding carboxylic acids is 3. The Morgan fingerprint density at radius 2 is 1.51 bits per heavy atom. The number of carbonyl (C=O) groups is 3. The van der Waals surface area contributed by atoms with Gasteiger partial charge in [0.05, 0.1) is 16.5 Å². The zero-order chi connectivity index (χ0) is 32.0. The predicted molar refractivity (Wildman–Crippen MR) is 176 cm³/mol. The normalized spacial score (nSPS) is 17.2. The summed E-state index contributed by atoms with van der Waals surface area (Å²) in [5.41, 5.74) is 2.48. The molecule has 1 saturated carbocycles. The Morgan fingerprint density at radius 3 is 2.09 bits per heavy atom. The minimum Gasteiger partial charge on any atom is -0.443 e. The zero-order valence-corrected chi connectivity index (χ0v) is 28.0. The average Bonchev–Trinajstić information content (AvgIpc) is 3.48. The first kappa shape index (κ1) is 33.2. The van der Waals surface area contributed by atoms with Crippen molar-refractivity contribution in [2.45, 2.75) is 43.5 Å². The Labute approximate surface area is 275 Å². The molecule has 0 bridgehead atoms. The summed E-state index contributed by atoms with van der Waals surface area (Å²) in [6, 6.07) is 14.8. The van der Waals surface area contributed by atoms with Crippen LogP contribution in [0.5, 0.6) is 0 Å². The molecule has 1 aliphatic rings. The highest BCUT2D eigenvalue weighted by Gasteiger charge is 2.67. The summed E-state index contributed by atoms with van der Waals surface area (Å²) >= 11 is 31.7. The molecule has 0 radical (unpaired) electrons. The SMILES string of the molecule is Cc1cc(N(C)C(=O)OC(C)(C)C)ccc1N(C)C(=O)c1cc(NC(=O)[C@@H]2[C@@H](c3cc(Cl)cc(Cl)c3)C2(Cl)Cl)ccc1Cl. The van der Waals surface area contributed by atoms with E-state index in [0.29, 0.717) is 32.7 Å². The first-order valence-corrected chi connectivity index (χ1v) is 15.1. The van der Waals surface area contributed by atoms with Gasteiger partial charge in [0.2, 0.25) is 5.91 Å². The van der Waals surface area contributed by atoms with Gasteiger partial charge < -0.3 is 15.0 Å². The van der Waals surface area contributed by atoms with E-state index in [-0.39, 0.29) is 10.6 Å². The van der Waals surface area contributed by atoms with Crippen LogP contribution in [0.3, 0.4) is 0 Å². The van der Waals surface area contributed by atoms with Crippen LogP contribution in [0.15, 0.2) is 54.6 Å². The first-order chi connectivity index (χ1) is 19.9. The van der Waals surface area contributed by atoms with Crippen LogP contribution in [0, 0.1) is 12.8 Å². The summed E-state index contributed by atoms with van der Waals surface area (Å²) in [6.45, 7) is 7.21. The van der Waals surface area contributed by atoms with Gasteiger partial charge in [0.1, 0.15) is 9.93 Å². The molecule has 1 N–H and O–H groups in total. The third-order valence-corrected chi connectivity index (χ3v) is 8.65. The fraction of sp³-hybridized carbons (Fsp3) is 0.323. The zero-order valence-electron chi connectivity index (χ0n) is 24.3. The number of anilines is 3. The lowest BCUT2D eigenvalue weighted by Gasteiger charge is -2.26. The average molecular weight is 686 g/mol. The maximum Gasteiger partial charge on any atom is 0.414 e. The van der Waals surface area contributed by atoms with E-state index in [0.717, 1.165) is 5.56 Å². The number of hydrogen-bond donors (Lipinski definition) is 1. The second-order valence-electron chi connectivity index (χ2n) is 11.4. The summed E-state index contributed by atoms with van der Waals surface area (Å²) in [6.07, 6.45) is -0.496. The number of amides is 3. The van der Waals surface area contributed by atoms with Crippen LogP contribution in [-0.2, 0) is 9.53 Å². The van der Waals surface area contributed by atoms with Crippen molar-refractivity contribution in [1.29, 1.82) is 0 Å². The van der Waals surface area contributed by atoms with Crippen LogP contribution in [0.2, 0.25) is 15.1 Å². The van der Waals surface area contributed by atoms with E-state index >= 15 is 0 Å². The van der Waals surface area contributed by atoms with Crippen LogP contribution in [0.4, 0.5) is 21.9 Å². The molecular weight excluding hydrogens is 656 g/mol. The number of benzene rings is 3. The second-order valence-corrected chi connectivity index (χ2v) is 14.1. The van der Waals surface area contributed by atoms with E-state index in [1.54, 1.807) is 77.3 Å². The third-order valence-electron chi connectivity index (χ3n) is 6.95. The molecule has 2 atom stereocenters. The van der Waals surface area contributed by atoms with Crippen LogP contribution in [0.25, 0.3) is 0 Å². The lowest BCUT2D eigenvalue weighted by atomic mass is 10.1. The third kappa shape index (κ3) is 7.35. The highest BCUT2D eigenvalue weighted by atomic mass is 35.5. The van der Waals surface area contributed by atoms with E-state index in [9.17, 15) is 14.4 Å². The standard InChI is InChI=1S/C31H30Cl5N3O4/c1-16-11-21(38(5)29(42)43-30(2,3)4)8-10-24(16)39(6)28(41)22-15-20(7-9-23(22)34)37-27(40)26-25(31(26,35)36)17-12-18(32)14-19(33)13-17/h7-15,25-26H,1-6H3,(H,37,40)/t25-,26+/m1/s1. The van der Waals surface area contributed by atoms with Crippen molar-refractivity contribution >= 4 is 93.0 Å². The van der Waals surface area contributed by atoms with E-state index < -0.39 is 39.7 Å². The fourth-order valence-corrected chi connectivity index (χ4v) is 6.33. The topological polar surface area (TPSA) is 79.0 Å². The molecule has 0 spiro atoms. The van der Waals surface area contributed by atoms with E-state index in [1.807, 2.05) is 6.92 Å². The van der Waals surface area contributed by atoms with Crippen molar-refractivity contribution in [2.75, 3.05) is 29.2 Å². The van der Waals surface area contributed by atoms with Gasteiger partial charge in [0, 0.05) is 47.1 Å². The van der Waals surface area contributed by atoms with Gasteiger partial charge in [-0.05, 0) is 93.4 Å². The van der Waals surface area contributed by atoms with Crippen molar-refractivity contribution in [3.8, 4) is 0 Å². The summed E-state index contributed by atoms with van der Waals surface area (Å²) < 4.78 is 4.08. The number of alkyl halides is 2. The maximum absolute atomic E-state index is 13.6. The maximum atomic E-state index is 13.6. The van der Waals surface area contributed by atoms with Gasteiger partial charge >= 0.3 is 6.09 Å². The summed E-state index contributed by atoms with van der Waals surface area (Å²) in [4.78, 5) is 42.1. The molecule has 3 aromatic carbocycles. The molecule has 228 valence electrons. The number of hydrogen-bond acceptors (Lipinski definition) is 4. The van der Waals surface area contributed by atoms with Crippen LogP contribution < -0.4 is 15.1 Å². The van der Waals surface area contributed by atoms with Crippen molar-refractivity contribution in [3.05, 3.63) is 86.4 Å². The molecule has 7 nitrogen and oxygen atoms in total. The number of rotatable bonds is 6. The molecule has 43 heavy (non-hydrogen) atoms. The van der Waals surface area contributed by atoms with Gasteiger partial charge in [-0.25, -0.2) is 4.79 Å². The molecule has 0 saturated heterocycles. The Hall–Kier alpha value is -2.68. The molecule has 12 heteroatoms. The predicted octanol–water partition coefficient (Wildman–Crippen LogP) is 9.13.